The fourth-order valence-electron chi connectivity index (χ4n) is 2.73. The molecule has 2 aromatic heterocycles. The van der Waals surface area contributed by atoms with Gasteiger partial charge in [-0.2, -0.15) is 0 Å². The van der Waals surface area contributed by atoms with E-state index in [0.717, 1.165) is 36.8 Å². The first kappa shape index (κ1) is 15.4. The molecule has 24 heavy (non-hydrogen) atoms. The number of nitrogens with two attached hydrogens (primary N) is 1. The van der Waals surface area contributed by atoms with Gasteiger partial charge in [0, 0.05) is 19.6 Å². The van der Waals surface area contributed by atoms with Crippen LogP contribution in [-0.2, 0) is 0 Å². The van der Waals surface area contributed by atoms with E-state index in [1.54, 1.807) is 11.0 Å². The number of nitrogens with zero attached hydrogens (tertiary/aromatic N) is 3. The smallest absolute Gasteiger partial charge is 0.289 e. The monoisotopic (exact) mass is 443 g/mol. The van der Waals surface area contributed by atoms with Crippen molar-refractivity contribution in [2.45, 2.75) is 0 Å². The van der Waals surface area contributed by atoms with E-state index in [9.17, 15) is 0 Å². The summed E-state index contributed by atoms with van der Waals surface area (Å²) in [6.45, 7) is 0. The van der Waals surface area contributed by atoms with Gasteiger partial charge in [-0.05, 0) is 41.5 Å². The first-order valence-electron chi connectivity index (χ1n) is 7.32. The summed E-state index contributed by atoms with van der Waals surface area (Å²) in [4.78, 5) is 0. The molecule has 0 radical (unpaired) electrons. The second kappa shape index (κ2) is 6.03. The van der Waals surface area contributed by atoms with E-state index in [2.05, 4.69) is 67.3 Å². The summed E-state index contributed by atoms with van der Waals surface area (Å²) in [5.41, 5.74) is 5.16. The van der Waals surface area contributed by atoms with Crippen LogP contribution in [0.25, 0.3) is 27.9 Å². The van der Waals surface area contributed by atoms with E-state index < -0.39 is 0 Å². The molecule has 0 aliphatic carbocycles. The molecule has 2 aromatic carbocycles. The number of nitrogen functional groups attached to an aromatic ring is 1. The largest absolute Gasteiger partial charge is 0.294 e. The first-order valence-corrected chi connectivity index (χ1v) is 8.90. The minimum Gasteiger partial charge on any atom is -0.289 e. The Bertz CT molecular complexity index is 1020. The third-order valence-corrected chi connectivity index (χ3v) is 4.95. The summed E-state index contributed by atoms with van der Waals surface area (Å²) < 4.78 is 5.46. The highest BCUT2D eigenvalue weighted by molar-refractivity contribution is 9.10. The SMILES string of the molecule is N[n+]1cnn2cc(-c3ccc(Br)cc3)cc(-c3ccc(Br)cc3)c21. The highest BCUT2D eigenvalue weighted by atomic mass is 79.9. The maximum absolute atomic E-state index is 6.07. The van der Waals surface area contributed by atoms with E-state index in [4.69, 9.17) is 5.84 Å². The zero-order valence-electron chi connectivity index (χ0n) is 12.5. The van der Waals surface area contributed by atoms with Crippen molar-refractivity contribution < 1.29 is 4.68 Å². The molecule has 0 aliphatic rings. The number of aromatic nitrogens is 3. The number of hydrogen-bond acceptors (Lipinski definition) is 2. The summed E-state index contributed by atoms with van der Waals surface area (Å²) in [7, 11) is 0. The second-order valence-electron chi connectivity index (χ2n) is 5.46. The fraction of sp³-hybridized carbons (Fsp3) is 0. The minimum atomic E-state index is 0.846. The van der Waals surface area contributed by atoms with Crippen molar-refractivity contribution in [2.24, 2.45) is 0 Å². The predicted molar refractivity (Wildman–Crippen MR) is 102 cm³/mol. The Morgan fingerprint density at radius 3 is 2.04 bits per heavy atom. The molecule has 0 fully saturated rings. The van der Waals surface area contributed by atoms with Crippen LogP contribution in [0.2, 0.25) is 0 Å². The summed E-state index contributed by atoms with van der Waals surface area (Å²) >= 11 is 6.96. The van der Waals surface area contributed by atoms with E-state index in [0.29, 0.717) is 0 Å². The lowest BCUT2D eigenvalue weighted by atomic mass is 10.0. The van der Waals surface area contributed by atoms with Crippen LogP contribution in [0.4, 0.5) is 0 Å². The Morgan fingerprint density at radius 1 is 0.833 bits per heavy atom. The van der Waals surface area contributed by atoms with Gasteiger partial charge in [0.1, 0.15) is 6.20 Å². The quantitative estimate of drug-likeness (QED) is 0.372. The average molecular weight is 445 g/mol. The van der Waals surface area contributed by atoms with E-state index in [1.165, 1.54) is 0 Å². The maximum atomic E-state index is 6.07. The molecule has 0 amide bonds. The van der Waals surface area contributed by atoms with Crippen LogP contribution >= 0.6 is 31.9 Å². The zero-order valence-corrected chi connectivity index (χ0v) is 15.7. The average Bonchev–Trinajstić information content (AvgIpc) is 2.97. The van der Waals surface area contributed by atoms with Crippen LogP contribution in [-0.4, -0.2) is 9.61 Å². The first-order chi connectivity index (χ1) is 11.6. The molecule has 0 saturated carbocycles. The summed E-state index contributed by atoms with van der Waals surface area (Å²) in [6, 6.07) is 18.6. The van der Waals surface area contributed by atoms with Gasteiger partial charge >= 0.3 is 0 Å². The van der Waals surface area contributed by atoms with Crippen molar-refractivity contribution in [3.8, 4) is 22.3 Å². The van der Waals surface area contributed by atoms with Crippen LogP contribution in [0, 0.1) is 0 Å². The lowest BCUT2D eigenvalue weighted by Crippen LogP contribution is -2.43. The minimum absolute atomic E-state index is 0.846. The summed E-state index contributed by atoms with van der Waals surface area (Å²) in [5.74, 6) is 6.07. The molecule has 2 N–H and O–H groups in total. The number of benzene rings is 2. The Kier molecular flexibility index (Phi) is 3.86. The molecule has 0 bridgehead atoms. The topological polar surface area (TPSA) is 47.2 Å². The molecule has 0 spiro atoms. The van der Waals surface area contributed by atoms with Gasteiger partial charge in [0.15, 0.2) is 0 Å². The van der Waals surface area contributed by atoms with Gasteiger partial charge in [0.05, 0.1) is 5.56 Å². The van der Waals surface area contributed by atoms with Crippen molar-refractivity contribution in [3.63, 3.8) is 0 Å². The Balaban J connectivity index is 1.98. The molecule has 4 nitrogen and oxygen atoms in total. The summed E-state index contributed by atoms with van der Waals surface area (Å²) in [6.07, 6.45) is 3.60. The van der Waals surface area contributed by atoms with E-state index >= 15 is 0 Å². The maximum Gasteiger partial charge on any atom is 0.294 e. The Hall–Kier alpha value is -2.18. The molecule has 0 unspecified atom stereocenters. The fourth-order valence-corrected chi connectivity index (χ4v) is 3.26. The van der Waals surface area contributed by atoms with Crippen LogP contribution in [0.1, 0.15) is 0 Å². The lowest BCUT2D eigenvalue weighted by molar-refractivity contribution is -0.612. The van der Waals surface area contributed by atoms with Crippen LogP contribution in [0.3, 0.4) is 0 Å². The van der Waals surface area contributed by atoms with Crippen molar-refractivity contribution in [3.05, 3.63) is 76.1 Å². The van der Waals surface area contributed by atoms with E-state index in [1.807, 2.05) is 35.0 Å². The zero-order chi connectivity index (χ0) is 16.7. The van der Waals surface area contributed by atoms with Crippen molar-refractivity contribution in [1.82, 2.24) is 9.61 Å². The van der Waals surface area contributed by atoms with Crippen molar-refractivity contribution >= 4 is 37.5 Å². The van der Waals surface area contributed by atoms with Gasteiger partial charge in [-0.25, -0.2) is 0 Å². The van der Waals surface area contributed by atoms with Gasteiger partial charge in [-0.15, -0.1) is 4.68 Å². The van der Waals surface area contributed by atoms with E-state index in [-0.39, 0.29) is 0 Å². The molecule has 0 saturated heterocycles. The highest BCUT2D eigenvalue weighted by Gasteiger charge is 2.18. The second-order valence-corrected chi connectivity index (χ2v) is 7.29. The van der Waals surface area contributed by atoms with Crippen LogP contribution in [0.15, 0.2) is 76.1 Å². The Labute approximate surface area is 155 Å². The van der Waals surface area contributed by atoms with Gasteiger partial charge in [-0.1, -0.05) is 60.6 Å². The van der Waals surface area contributed by atoms with Crippen molar-refractivity contribution in [1.29, 1.82) is 0 Å². The molecular weight excluding hydrogens is 432 g/mol. The number of hydrogen-bond donors (Lipinski definition) is 1. The third kappa shape index (κ3) is 2.72. The number of halogens is 2. The van der Waals surface area contributed by atoms with Gasteiger partial charge in [0.2, 0.25) is 0 Å². The number of rotatable bonds is 2. The molecular formula is C18H13Br2N4+. The number of pyridine rings is 1. The molecule has 4 rings (SSSR count). The van der Waals surface area contributed by atoms with Crippen molar-refractivity contribution in [2.75, 3.05) is 5.84 Å². The molecule has 0 atom stereocenters. The molecule has 6 heteroatoms. The van der Waals surface area contributed by atoms with Crippen LogP contribution < -0.4 is 10.5 Å². The van der Waals surface area contributed by atoms with Gasteiger partial charge < -0.3 is 0 Å². The lowest BCUT2D eigenvalue weighted by Gasteiger charge is -2.06. The molecule has 0 aliphatic heterocycles. The molecule has 4 aromatic rings. The molecule has 2 heterocycles. The van der Waals surface area contributed by atoms with Gasteiger partial charge in [-0.3, -0.25) is 5.84 Å². The normalized spacial score (nSPS) is 11.1. The highest BCUT2D eigenvalue weighted by Crippen LogP contribution is 2.30. The predicted octanol–water partition coefficient (Wildman–Crippen LogP) is 4.19. The van der Waals surface area contributed by atoms with Crippen LogP contribution in [0.5, 0.6) is 0 Å². The standard InChI is InChI=1S/C18H13Br2N4/c19-15-5-1-12(2-6-15)14-9-17(13-3-7-16(20)8-4-13)18-23(21)11-22-24(18)10-14/h1-11H,21H2/q+1. The summed E-state index contributed by atoms with van der Waals surface area (Å²) in [5, 5.41) is 4.36. The van der Waals surface area contributed by atoms with Gasteiger partial charge in [0.25, 0.3) is 12.0 Å². The number of fused-ring (bicyclic) bond motifs is 1. The molecule has 118 valence electrons. The Morgan fingerprint density at radius 2 is 1.42 bits per heavy atom. The third-order valence-electron chi connectivity index (χ3n) is 3.90.